The van der Waals surface area contributed by atoms with Gasteiger partial charge in [-0.3, -0.25) is 14.5 Å². The van der Waals surface area contributed by atoms with Crippen molar-refractivity contribution < 1.29 is 14.3 Å². The number of fused-ring (bicyclic) bond motifs is 1. The predicted octanol–water partition coefficient (Wildman–Crippen LogP) is 1.89. The van der Waals surface area contributed by atoms with Crippen molar-refractivity contribution in [3.63, 3.8) is 0 Å². The first kappa shape index (κ1) is 19.2. The van der Waals surface area contributed by atoms with Crippen molar-refractivity contribution in [3.8, 4) is 5.75 Å². The topological polar surface area (TPSA) is 61.9 Å². The van der Waals surface area contributed by atoms with E-state index in [2.05, 4.69) is 10.2 Å². The van der Waals surface area contributed by atoms with Crippen LogP contribution in [0.2, 0.25) is 0 Å². The van der Waals surface area contributed by atoms with Gasteiger partial charge in [0.2, 0.25) is 5.91 Å². The zero-order chi connectivity index (χ0) is 19.2. The standard InChI is InChI=1S/C21H27N3O3/c1-16(2)22-20(25)14-23-9-11-24(12-10-23)21(26)15-27-19-8-7-17-5-3-4-6-18(17)13-19/h3-8,13,16H,9-12,14-15H2,1-2H3,(H,22,25). The molecular formula is C21H27N3O3. The van der Waals surface area contributed by atoms with E-state index < -0.39 is 0 Å². The Morgan fingerprint density at radius 2 is 1.74 bits per heavy atom. The molecule has 144 valence electrons. The molecule has 0 aliphatic carbocycles. The number of carbonyl (C=O) groups is 2. The number of piperazine rings is 1. The molecule has 0 aromatic heterocycles. The molecule has 0 spiro atoms. The van der Waals surface area contributed by atoms with E-state index in [0.29, 0.717) is 38.5 Å². The smallest absolute Gasteiger partial charge is 0.260 e. The molecule has 3 rings (SSSR count). The Bertz CT molecular complexity index is 798. The summed E-state index contributed by atoms with van der Waals surface area (Å²) in [5.41, 5.74) is 0. The number of hydrogen-bond acceptors (Lipinski definition) is 4. The SMILES string of the molecule is CC(C)NC(=O)CN1CCN(C(=O)COc2ccc3ccccc3c2)CC1. The van der Waals surface area contributed by atoms with Crippen molar-refractivity contribution in [3.05, 3.63) is 42.5 Å². The number of amides is 2. The van der Waals surface area contributed by atoms with E-state index in [4.69, 9.17) is 4.74 Å². The molecule has 0 bridgehead atoms. The van der Waals surface area contributed by atoms with E-state index in [1.165, 1.54) is 0 Å². The highest BCUT2D eigenvalue weighted by Gasteiger charge is 2.22. The normalized spacial score (nSPS) is 15.1. The van der Waals surface area contributed by atoms with Crippen LogP contribution < -0.4 is 10.1 Å². The summed E-state index contributed by atoms with van der Waals surface area (Å²) >= 11 is 0. The predicted molar refractivity (Wildman–Crippen MR) is 106 cm³/mol. The highest BCUT2D eigenvalue weighted by Crippen LogP contribution is 2.20. The zero-order valence-electron chi connectivity index (χ0n) is 16.0. The van der Waals surface area contributed by atoms with Crippen molar-refractivity contribution in [1.29, 1.82) is 0 Å². The molecule has 0 saturated carbocycles. The van der Waals surface area contributed by atoms with Crippen LogP contribution in [0.25, 0.3) is 10.8 Å². The van der Waals surface area contributed by atoms with E-state index in [0.717, 1.165) is 10.8 Å². The molecule has 27 heavy (non-hydrogen) atoms. The molecule has 6 heteroatoms. The third-order valence-electron chi connectivity index (χ3n) is 4.63. The number of hydrogen-bond donors (Lipinski definition) is 1. The van der Waals surface area contributed by atoms with Crippen LogP contribution >= 0.6 is 0 Å². The van der Waals surface area contributed by atoms with Gasteiger partial charge >= 0.3 is 0 Å². The lowest BCUT2D eigenvalue weighted by Crippen LogP contribution is -2.52. The zero-order valence-corrected chi connectivity index (χ0v) is 16.0. The van der Waals surface area contributed by atoms with Gasteiger partial charge in [0.05, 0.1) is 6.54 Å². The average Bonchev–Trinajstić information content (AvgIpc) is 2.66. The van der Waals surface area contributed by atoms with Gasteiger partial charge in [-0.15, -0.1) is 0 Å². The fraction of sp³-hybridized carbons (Fsp3) is 0.429. The van der Waals surface area contributed by atoms with Gasteiger partial charge in [0, 0.05) is 32.2 Å². The number of rotatable bonds is 6. The van der Waals surface area contributed by atoms with Crippen LogP contribution in [0.5, 0.6) is 5.75 Å². The number of carbonyl (C=O) groups excluding carboxylic acids is 2. The lowest BCUT2D eigenvalue weighted by Gasteiger charge is -2.34. The maximum absolute atomic E-state index is 12.4. The van der Waals surface area contributed by atoms with Gasteiger partial charge in [0.25, 0.3) is 5.91 Å². The molecule has 0 atom stereocenters. The molecule has 2 amide bonds. The van der Waals surface area contributed by atoms with Crippen LogP contribution in [0.3, 0.4) is 0 Å². The van der Waals surface area contributed by atoms with Gasteiger partial charge in [-0.05, 0) is 36.8 Å². The minimum atomic E-state index is -0.0190. The van der Waals surface area contributed by atoms with E-state index >= 15 is 0 Å². The van der Waals surface area contributed by atoms with Crippen LogP contribution in [-0.4, -0.2) is 67.0 Å². The third-order valence-corrected chi connectivity index (χ3v) is 4.63. The van der Waals surface area contributed by atoms with Crippen LogP contribution in [-0.2, 0) is 9.59 Å². The molecule has 1 aliphatic heterocycles. The molecule has 2 aromatic carbocycles. The Balaban J connectivity index is 1.44. The molecule has 1 heterocycles. The van der Waals surface area contributed by atoms with Crippen molar-refractivity contribution in [2.24, 2.45) is 0 Å². The largest absolute Gasteiger partial charge is 0.484 e. The monoisotopic (exact) mass is 369 g/mol. The summed E-state index contributed by atoms with van der Waals surface area (Å²) in [5, 5.41) is 5.13. The molecular weight excluding hydrogens is 342 g/mol. The lowest BCUT2D eigenvalue weighted by atomic mass is 10.1. The highest BCUT2D eigenvalue weighted by atomic mass is 16.5. The molecule has 1 fully saturated rings. The summed E-state index contributed by atoms with van der Waals surface area (Å²) < 4.78 is 5.70. The van der Waals surface area contributed by atoms with Crippen molar-refractivity contribution in [1.82, 2.24) is 15.1 Å². The first-order chi connectivity index (χ1) is 13.0. The number of ether oxygens (including phenoxy) is 1. The minimum absolute atomic E-state index is 0.0190. The van der Waals surface area contributed by atoms with Gasteiger partial charge in [0.1, 0.15) is 5.75 Å². The molecule has 1 saturated heterocycles. The fourth-order valence-electron chi connectivity index (χ4n) is 3.22. The maximum Gasteiger partial charge on any atom is 0.260 e. The quantitative estimate of drug-likeness (QED) is 0.845. The molecule has 0 unspecified atom stereocenters. The summed E-state index contributed by atoms with van der Waals surface area (Å²) in [5.74, 6) is 0.713. The Kier molecular flexibility index (Phi) is 6.29. The Morgan fingerprint density at radius 3 is 2.44 bits per heavy atom. The van der Waals surface area contributed by atoms with Gasteiger partial charge in [-0.1, -0.05) is 30.3 Å². The molecule has 0 radical (unpaired) electrons. The van der Waals surface area contributed by atoms with Gasteiger partial charge in [-0.25, -0.2) is 0 Å². The van der Waals surface area contributed by atoms with Crippen LogP contribution in [0.1, 0.15) is 13.8 Å². The second kappa shape index (κ2) is 8.86. The summed E-state index contributed by atoms with van der Waals surface area (Å²) in [6, 6.07) is 14.0. The maximum atomic E-state index is 12.4. The van der Waals surface area contributed by atoms with Crippen molar-refractivity contribution in [2.45, 2.75) is 19.9 Å². The number of nitrogens with zero attached hydrogens (tertiary/aromatic N) is 2. The average molecular weight is 369 g/mol. The van der Waals surface area contributed by atoms with E-state index in [1.807, 2.05) is 56.3 Å². The number of benzene rings is 2. The summed E-state index contributed by atoms with van der Waals surface area (Å²) in [7, 11) is 0. The summed E-state index contributed by atoms with van der Waals surface area (Å²) in [6.07, 6.45) is 0. The van der Waals surface area contributed by atoms with E-state index in [9.17, 15) is 9.59 Å². The summed E-state index contributed by atoms with van der Waals surface area (Å²) in [6.45, 7) is 6.96. The Hall–Kier alpha value is -2.60. The van der Waals surface area contributed by atoms with Gasteiger partial charge < -0.3 is 15.0 Å². The second-order valence-corrected chi connectivity index (χ2v) is 7.18. The van der Waals surface area contributed by atoms with Crippen LogP contribution in [0, 0.1) is 0 Å². The lowest BCUT2D eigenvalue weighted by molar-refractivity contribution is -0.135. The molecule has 6 nitrogen and oxygen atoms in total. The fourth-order valence-corrected chi connectivity index (χ4v) is 3.22. The first-order valence-electron chi connectivity index (χ1n) is 9.42. The van der Waals surface area contributed by atoms with E-state index in [-0.39, 0.29) is 24.5 Å². The highest BCUT2D eigenvalue weighted by molar-refractivity contribution is 5.84. The van der Waals surface area contributed by atoms with Crippen molar-refractivity contribution >= 4 is 22.6 Å². The van der Waals surface area contributed by atoms with Crippen LogP contribution in [0.15, 0.2) is 42.5 Å². The molecule has 1 aliphatic rings. The van der Waals surface area contributed by atoms with Crippen molar-refractivity contribution in [2.75, 3.05) is 39.3 Å². The Labute approximate surface area is 160 Å². The molecule has 2 aromatic rings. The molecule has 1 N–H and O–H groups in total. The number of nitrogens with one attached hydrogen (secondary N) is 1. The Morgan fingerprint density at radius 1 is 1.04 bits per heavy atom. The van der Waals surface area contributed by atoms with Gasteiger partial charge in [0.15, 0.2) is 6.61 Å². The third kappa shape index (κ3) is 5.44. The van der Waals surface area contributed by atoms with E-state index in [1.54, 1.807) is 4.90 Å². The second-order valence-electron chi connectivity index (χ2n) is 7.18. The summed E-state index contributed by atoms with van der Waals surface area (Å²) in [4.78, 5) is 28.1. The first-order valence-corrected chi connectivity index (χ1v) is 9.42. The van der Waals surface area contributed by atoms with Gasteiger partial charge in [-0.2, -0.15) is 0 Å². The van der Waals surface area contributed by atoms with Crippen LogP contribution in [0.4, 0.5) is 0 Å². The minimum Gasteiger partial charge on any atom is -0.484 e.